The number of aromatic nitrogens is 4. The summed E-state index contributed by atoms with van der Waals surface area (Å²) in [6.45, 7) is 1.86. The van der Waals surface area contributed by atoms with E-state index in [-0.39, 0.29) is 5.78 Å². The van der Waals surface area contributed by atoms with Crippen molar-refractivity contribution < 1.29 is 4.79 Å². The second-order valence-electron chi connectivity index (χ2n) is 5.94. The van der Waals surface area contributed by atoms with Crippen LogP contribution in [0.4, 0.5) is 0 Å². The van der Waals surface area contributed by atoms with Gasteiger partial charge >= 0.3 is 0 Å². The van der Waals surface area contributed by atoms with Crippen LogP contribution in [0.3, 0.4) is 0 Å². The van der Waals surface area contributed by atoms with Crippen molar-refractivity contribution in [2.24, 2.45) is 0 Å². The Morgan fingerprint density at radius 2 is 1.64 bits per heavy atom. The lowest BCUT2D eigenvalue weighted by Crippen LogP contribution is -2.02. The molecule has 0 saturated heterocycles. The van der Waals surface area contributed by atoms with Crippen molar-refractivity contribution in [3.63, 3.8) is 0 Å². The van der Waals surface area contributed by atoms with Gasteiger partial charge in [0.1, 0.15) is 16.9 Å². The summed E-state index contributed by atoms with van der Waals surface area (Å²) in [6.07, 6.45) is 0. The number of rotatable bonds is 1. The first-order valence-corrected chi connectivity index (χ1v) is 8.19. The smallest absolute Gasteiger partial charge is 0.214 e. The predicted octanol–water partition coefficient (Wildman–Crippen LogP) is 3.99. The van der Waals surface area contributed by atoms with E-state index in [4.69, 9.17) is 16.6 Å². The summed E-state index contributed by atoms with van der Waals surface area (Å²) in [7, 11) is 0. The minimum Gasteiger partial charge on any atom is -0.287 e. The molecule has 5 nitrogen and oxygen atoms in total. The first-order chi connectivity index (χ1) is 12.1. The maximum atomic E-state index is 12.6. The minimum absolute atomic E-state index is 0.0846. The van der Waals surface area contributed by atoms with Crippen LogP contribution in [-0.2, 0) is 0 Å². The van der Waals surface area contributed by atoms with Crippen molar-refractivity contribution in [2.45, 2.75) is 6.92 Å². The highest BCUT2D eigenvalue weighted by atomic mass is 35.5. The van der Waals surface area contributed by atoms with E-state index in [0.717, 1.165) is 16.9 Å². The van der Waals surface area contributed by atoms with Crippen molar-refractivity contribution >= 4 is 28.5 Å². The van der Waals surface area contributed by atoms with Crippen LogP contribution in [0, 0.1) is 6.92 Å². The Morgan fingerprint density at radius 1 is 0.920 bits per heavy atom. The molecule has 0 fully saturated rings. The molecule has 0 amide bonds. The number of hydrogen-bond donors (Lipinski definition) is 0. The van der Waals surface area contributed by atoms with Gasteiger partial charge in [-0.3, -0.25) is 4.79 Å². The lowest BCUT2D eigenvalue weighted by Gasteiger charge is -2.04. The van der Waals surface area contributed by atoms with Gasteiger partial charge in [0.15, 0.2) is 5.65 Å². The van der Waals surface area contributed by atoms with Crippen LogP contribution in [-0.4, -0.2) is 25.5 Å². The standard InChI is InChI=1S/C19H11ClN4O/c1-10-15-19(24(23-10)12-8-6-11(20)7-9-12)22-16-13-4-2-3-5-14(13)18(25)17(16)21-15/h2-9H,1H3. The van der Waals surface area contributed by atoms with Gasteiger partial charge < -0.3 is 0 Å². The van der Waals surface area contributed by atoms with Gasteiger partial charge in [0.25, 0.3) is 0 Å². The summed E-state index contributed by atoms with van der Waals surface area (Å²) in [5.74, 6) is -0.0846. The Morgan fingerprint density at radius 3 is 2.40 bits per heavy atom. The maximum absolute atomic E-state index is 12.6. The fourth-order valence-corrected chi connectivity index (χ4v) is 3.31. The van der Waals surface area contributed by atoms with Gasteiger partial charge in [0.2, 0.25) is 5.78 Å². The van der Waals surface area contributed by atoms with Crippen molar-refractivity contribution in [3.05, 3.63) is 70.5 Å². The molecule has 0 saturated carbocycles. The highest BCUT2D eigenvalue weighted by Gasteiger charge is 2.31. The summed E-state index contributed by atoms with van der Waals surface area (Å²) in [6, 6.07) is 14.8. The van der Waals surface area contributed by atoms with Gasteiger partial charge in [-0.15, -0.1) is 0 Å². The van der Waals surface area contributed by atoms with Crippen molar-refractivity contribution in [1.82, 2.24) is 19.7 Å². The molecule has 2 aromatic heterocycles. The van der Waals surface area contributed by atoms with Gasteiger partial charge in [0.05, 0.1) is 11.4 Å². The molecule has 0 atom stereocenters. The van der Waals surface area contributed by atoms with Crippen LogP contribution >= 0.6 is 11.6 Å². The topological polar surface area (TPSA) is 60.7 Å². The third-order valence-corrected chi connectivity index (χ3v) is 4.64. The lowest BCUT2D eigenvalue weighted by molar-refractivity contribution is 0.103. The summed E-state index contributed by atoms with van der Waals surface area (Å²) < 4.78 is 1.74. The van der Waals surface area contributed by atoms with Crippen LogP contribution < -0.4 is 0 Å². The molecule has 1 aliphatic rings. The number of nitrogens with zero attached hydrogens (tertiary/aromatic N) is 4. The Balaban J connectivity index is 1.82. The molecular formula is C19H11ClN4O. The fourth-order valence-electron chi connectivity index (χ4n) is 3.19. The Bertz CT molecular complexity index is 1180. The van der Waals surface area contributed by atoms with E-state index in [1.165, 1.54) is 0 Å². The third kappa shape index (κ3) is 1.96. The molecule has 25 heavy (non-hydrogen) atoms. The first-order valence-electron chi connectivity index (χ1n) is 7.81. The van der Waals surface area contributed by atoms with Gasteiger partial charge in [-0.2, -0.15) is 5.10 Å². The highest BCUT2D eigenvalue weighted by Crippen LogP contribution is 2.35. The minimum atomic E-state index is -0.0846. The largest absolute Gasteiger partial charge is 0.287 e. The zero-order chi connectivity index (χ0) is 17.1. The maximum Gasteiger partial charge on any atom is 0.214 e. The Hall–Kier alpha value is -3.05. The summed E-state index contributed by atoms with van der Waals surface area (Å²) in [4.78, 5) is 22.0. The zero-order valence-corrected chi connectivity index (χ0v) is 13.9. The van der Waals surface area contributed by atoms with E-state index < -0.39 is 0 Å². The van der Waals surface area contributed by atoms with Gasteiger partial charge in [-0.1, -0.05) is 35.9 Å². The average Bonchev–Trinajstić information content (AvgIpc) is 3.10. The van der Waals surface area contributed by atoms with E-state index in [9.17, 15) is 4.79 Å². The molecule has 0 aliphatic heterocycles. The molecule has 120 valence electrons. The monoisotopic (exact) mass is 346 g/mol. The van der Waals surface area contributed by atoms with Crippen LogP contribution in [0.5, 0.6) is 0 Å². The number of aryl methyl sites for hydroxylation is 1. The molecule has 2 aromatic carbocycles. The van der Waals surface area contributed by atoms with Crippen LogP contribution in [0.25, 0.3) is 28.1 Å². The number of carbonyl (C=O) groups is 1. The number of fused-ring (bicyclic) bond motifs is 4. The van der Waals surface area contributed by atoms with Gasteiger partial charge in [-0.05, 0) is 31.2 Å². The summed E-state index contributed by atoms with van der Waals surface area (Å²) >= 11 is 5.98. The quantitative estimate of drug-likeness (QED) is 0.460. The molecule has 1 aliphatic carbocycles. The molecule has 0 bridgehead atoms. The average molecular weight is 347 g/mol. The van der Waals surface area contributed by atoms with Gasteiger partial charge in [-0.25, -0.2) is 14.6 Å². The van der Waals surface area contributed by atoms with Crippen molar-refractivity contribution in [1.29, 1.82) is 0 Å². The van der Waals surface area contributed by atoms with Crippen LogP contribution in [0.2, 0.25) is 5.02 Å². The molecule has 5 rings (SSSR count). The lowest BCUT2D eigenvalue weighted by atomic mass is 10.1. The molecule has 4 aromatic rings. The second kappa shape index (κ2) is 4.97. The van der Waals surface area contributed by atoms with Crippen molar-refractivity contribution in [2.75, 3.05) is 0 Å². The third-order valence-electron chi connectivity index (χ3n) is 4.38. The normalized spacial score (nSPS) is 12.5. The first kappa shape index (κ1) is 14.3. The zero-order valence-electron chi connectivity index (χ0n) is 13.2. The van der Waals surface area contributed by atoms with Crippen molar-refractivity contribution in [3.8, 4) is 16.9 Å². The molecular weight excluding hydrogens is 336 g/mol. The molecule has 0 radical (unpaired) electrons. The molecule has 2 heterocycles. The van der Waals surface area contributed by atoms with E-state index in [0.29, 0.717) is 33.1 Å². The van der Waals surface area contributed by atoms with Crippen LogP contribution in [0.1, 0.15) is 21.7 Å². The summed E-state index contributed by atoms with van der Waals surface area (Å²) in [5.41, 5.74) is 5.30. The Labute approximate surface area is 147 Å². The van der Waals surface area contributed by atoms with E-state index in [2.05, 4.69) is 10.1 Å². The second-order valence-corrected chi connectivity index (χ2v) is 6.38. The number of benzene rings is 2. The Kier molecular flexibility index (Phi) is 2.85. The molecule has 0 unspecified atom stereocenters. The van der Waals surface area contributed by atoms with Crippen LogP contribution in [0.15, 0.2) is 48.5 Å². The highest BCUT2D eigenvalue weighted by molar-refractivity contribution is 6.30. The molecule has 0 spiro atoms. The molecule has 0 N–H and O–H groups in total. The van der Waals surface area contributed by atoms with E-state index >= 15 is 0 Å². The number of carbonyl (C=O) groups excluding carboxylic acids is 1. The number of halogens is 1. The number of ketones is 1. The SMILES string of the molecule is Cc1nn(-c2ccc(Cl)cc2)c2nc3c(nc12)C(=O)c1ccccc1-3. The molecule has 6 heteroatoms. The van der Waals surface area contributed by atoms with Gasteiger partial charge in [0, 0.05) is 16.1 Å². The predicted molar refractivity (Wildman–Crippen MR) is 95.3 cm³/mol. The summed E-state index contributed by atoms with van der Waals surface area (Å²) in [5, 5.41) is 5.20. The van der Waals surface area contributed by atoms with E-state index in [1.807, 2.05) is 43.3 Å². The fraction of sp³-hybridized carbons (Fsp3) is 0.0526. The van der Waals surface area contributed by atoms with E-state index in [1.54, 1.807) is 16.8 Å². The number of hydrogen-bond acceptors (Lipinski definition) is 4.